The van der Waals surface area contributed by atoms with Crippen molar-refractivity contribution in [3.05, 3.63) is 65.2 Å². The van der Waals surface area contributed by atoms with Gasteiger partial charge in [-0.05, 0) is 42.7 Å². The maximum atomic E-state index is 12.4. The summed E-state index contributed by atoms with van der Waals surface area (Å²) < 4.78 is 0. The summed E-state index contributed by atoms with van der Waals surface area (Å²) in [5, 5.41) is 11.8. The lowest BCUT2D eigenvalue weighted by molar-refractivity contribution is -0.143. The van der Waals surface area contributed by atoms with Gasteiger partial charge in [-0.25, -0.2) is 0 Å². The SMILES string of the molecule is Cc1cc(C)cc(NC(=O)C(=O)N(CCO)Cc2ccccc2)c1. The molecule has 0 radical (unpaired) electrons. The van der Waals surface area contributed by atoms with Crippen molar-refractivity contribution in [1.29, 1.82) is 0 Å². The zero-order valence-electron chi connectivity index (χ0n) is 14.0. The third kappa shape index (κ3) is 4.93. The molecule has 0 aliphatic carbocycles. The van der Waals surface area contributed by atoms with Crippen molar-refractivity contribution < 1.29 is 14.7 Å². The molecule has 0 aromatic heterocycles. The summed E-state index contributed by atoms with van der Waals surface area (Å²) in [7, 11) is 0. The van der Waals surface area contributed by atoms with Crippen LogP contribution in [0.15, 0.2) is 48.5 Å². The van der Waals surface area contributed by atoms with Crippen LogP contribution in [0.3, 0.4) is 0 Å². The Kier molecular flexibility index (Phi) is 6.09. The number of carbonyl (C=O) groups is 2. The van der Waals surface area contributed by atoms with Gasteiger partial charge < -0.3 is 15.3 Å². The Labute approximate surface area is 141 Å². The van der Waals surface area contributed by atoms with Crippen LogP contribution in [0.1, 0.15) is 16.7 Å². The predicted molar refractivity (Wildman–Crippen MR) is 93.5 cm³/mol. The molecular formula is C19H22N2O3. The van der Waals surface area contributed by atoms with Gasteiger partial charge in [0.1, 0.15) is 0 Å². The molecule has 2 rings (SSSR count). The fourth-order valence-corrected chi connectivity index (χ4v) is 2.55. The molecule has 0 aliphatic rings. The highest BCUT2D eigenvalue weighted by Gasteiger charge is 2.22. The lowest BCUT2D eigenvalue weighted by Crippen LogP contribution is -2.40. The van der Waals surface area contributed by atoms with Crippen LogP contribution in [0.5, 0.6) is 0 Å². The molecule has 5 nitrogen and oxygen atoms in total. The van der Waals surface area contributed by atoms with Gasteiger partial charge in [0.25, 0.3) is 0 Å². The lowest BCUT2D eigenvalue weighted by Gasteiger charge is -2.21. The number of hydrogen-bond donors (Lipinski definition) is 2. The molecule has 0 aliphatic heterocycles. The predicted octanol–water partition coefficient (Wildman–Crippen LogP) is 2.26. The quantitative estimate of drug-likeness (QED) is 0.828. The van der Waals surface area contributed by atoms with E-state index in [4.69, 9.17) is 0 Å². The summed E-state index contributed by atoms with van der Waals surface area (Å²) in [6, 6.07) is 15.0. The summed E-state index contributed by atoms with van der Waals surface area (Å²) in [6.45, 7) is 4.04. The zero-order valence-corrected chi connectivity index (χ0v) is 14.0. The van der Waals surface area contributed by atoms with Crippen LogP contribution in [-0.2, 0) is 16.1 Å². The third-order valence-electron chi connectivity index (χ3n) is 3.55. The second kappa shape index (κ2) is 8.26. The molecule has 0 saturated heterocycles. The highest BCUT2D eigenvalue weighted by Crippen LogP contribution is 2.14. The Hall–Kier alpha value is -2.66. The van der Waals surface area contributed by atoms with Gasteiger partial charge in [-0.15, -0.1) is 0 Å². The fraction of sp³-hybridized carbons (Fsp3) is 0.263. The topological polar surface area (TPSA) is 69.6 Å². The maximum absolute atomic E-state index is 12.4. The molecule has 0 bridgehead atoms. The van der Waals surface area contributed by atoms with E-state index < -0.39 is 11.8 Å². The van der Waals surface area contributed by atoms with Gasteiger partial charge in [-0.2, -0.15) is 0 Å². The molecule has 0 saturated carbocycles. The Morgan fingerprint density at radius 1 is 1.04 bits per heavy atom. The first kappa shape index (κ1) is 17.7. The normalized spacial score (nSPS) is 10.3. The van der Waals surface area contributed by atoms with Crippen molar-refractivity contribution in [1.82, 2.24) is 4.90 Å². The van der Waals surface area contributed by atoms with Crippen molar-refractivity contribution in [3.63, 3.8) is 0 Å². The number of carbonyl (C=O) groups excluding carboxylic acids is 2. The Balaban J connectivity index is 2.09. The molecule has 0 heterocycles. The van der Waals surface area contributed by atoms with Gasteiger partial charge in [-0.3, -0.25) is 9.59 Å². The van der Waals surface area contributed by atoms with Crippen molar-refractivity contribution in [2.75, 3.05) is 18.5 Å². The van der Waals surface area contributed by atoms with E-state index in [0.717, 1.165) is 16.7 Å². The molecule has 2 aromatic carbocycles. The number of aliphatic hydroxyl groups excluding tert-OH is 1. The first-order valence-electron chi connectivity index (χ1n) is 7.83. The van der Waals surface area contributed by atoms with Crippen molar-refractivity contribution >= 4 is 17.5 Å². The number of benzene rings is 2. The minimum absolute atomic E-state index is 0.105. The summed E-state index contributed by atoms with van der Waals surface area (Å²) in [5.41, 5.74) is 3.51. The molecule has 24 heavy (non-hydrogen) atoms. The van der Waals surface area contributed by atoms with Crippen LogP contribution in [0, 0.1) is 13.8 Å². The van der Waals surface area contributed by atoms with Crippen molar-refractivity contribution in [3.8, 4) is 0 Å². The largest absolute Gasteiger partial charge is 0.395 e. The number of aryl methyl sites for hydroxylation is 2. The number of rotatable bonds is 5. The van der Waals surface area contributed by atoms with E-state index in [1.807, 2.05) is 62.4 Å². The van der Waals surface area contributed by atoms with E-state index in [1.165, 1.54) is 4.90 Å². The molecule has 126 valence electrons. The minimum Gasteiger partial charge on any atom is -0.395 e. The lowest BCUT2D eigenvalue weighted by atomic mass is 10.1. The summed E-state index contributed by atoms with van der Waals surface area (Å²) >= 11 is 0. The number of hydrogen-bond acceptors (Lipinski definition) is 3. The van der Waals surface area contributed by atoms with E-state index >= 15 is 0 Å². The van der Waals surface area contributed by atoms with E-state index in [-0.39, 0.29) is 19.7 Å². The maximum Gasteiger partial charge on any atom is 0.313 e. The molecule has 2 aromatic rings. The molecule has 0 atom stereocenters. The van der Waals surface area contributed by atoms with Crippen molar-refractivity contribution in [2.24, 2.45) is 0 Å². The van der Waals surface area contributed by atoms with Gasteiger partial charge in [0.15, 0.2) is 0 Å². The van der Waals surface area contributed by atoms with Gasteiger partial charge in [0, 0.05) is 18.8 Å². The smallest absolute Gasteiger partial charge is 0.313 e. The van der Waals surface area contributed by atoms with E-state index in [1.54, 1.807) is 0 Å². The summed E-state index contributed by atoms with van der Waals surface area (Å²) in [6.07, 6.45) is 0. The first-order chi connectivity index (χ1) is 11.5. The monoisotopic (exact) mass is 326 g/mol. The molecule has 0 fully saturated rings. The van der Waals surface area contributed by atoms with Crippen molar-refractivity contribution in [2.45, 2.75) is 20.4 Å². The highest BCUT2D eigenvalue weighted by molar-refractivity contribution is 6.39. The van der Waals surface area contributed by atoms with E-state index in [0.29, 0.717) is 5.69 Å². The number of nitrogens with zero attached hydrogens (tertiary/aromatic N) is 1. The average molecular weight is 326 g/mol. The molecule has 2 amide bonds. The number of amides is 2. The fourth-order valence-electron chi connectivity index (χ4n) is 2.55. The van der Waals surface area contributed by atoms with Gasteiger partial charge in [0.2, 0.25) is 0 Å². The highest BCUT2D eigenvalue weighted by atomic mass is 16.3. The molecule has 0 unspecified atom stereocenters. The minimum atomic E-state index is -0.704. The Morgan fingerprint density at radius 3 is 2.25 bits per heavy atom. The summed E-state index contributed by atoms with van der Waals surface area (Å²) in [4.78, 5) is 26.0. The van der Waals surface area contributed by atoms with Crippen LogP contribution >= 0.6 is 0 Å². The first-order valence-corrected chi connectivity index (χ1v) is 7.83. The van der Waals surface area contributed by atoms with E-state index in [2.05, 4.69) is 5.32 Å². The molecule has 0 spiro atoms. The zero-order chi connectivity index (χ0) is 17.5. The molecular weight excluding hydrogens is 304 g/mol. The van der Waals surface area contributed by atoms with Crippen LogP contribution in [0.25, 0.3) is 0 Å². The number of nitrogens with one attached hydrogen (secondary N) is 1. The number of anilines is 1. The van der Waals surface area contributed by atoms with Crippen LogP contribution in [0.2, 0.25) is 0 Å². The third-order valence-corrected chi connectivity index (χ3v) is 3.55. The molecule has 5 heteroatoms. The van der Waals surface area contributed by atoms with E-state index in [9.17, 15) is 14.7 Å². The van der Waals surface area contributed by atoms with Crippen LogP contribution in [-0.4, -0.2) is 35.0 Å². The standard InChI is InChI=1S/C19H22N2O3/c1-14-10-15(2)12-17(11-14)20-18(23)19(24)21(8-9-22)13-16-6-4-3-5-7-16/h3-7,10-12,22H,8-9,13H2,1-2H3,(H,20,23). The second-order valence-electron chi connectivity index (χ2n) is 5.77. The van der Waals surface area contributed by atoms with Gasteiger partial charge in [0.05, 0.1) is 6.61 Å². The average Bonchev–Trinajstić information content (AvgIpc) is 2.53. The summed E-state index contributed by atoms with van der Waals surface area (Å²) in [5.74, 6) is -1.36. The van der Waals surface area contributed by atoms with Gasteiger partial charge in [-0.1, -0.05) is 36.4 Å². The Morgan fingerprint density at radius 2 is 1.67 bits per heavy atom. The second-order valence-corrected chi connectivity index (χ2v) is 5.77. The van der Waals surface area contributed by atoms with Gasteiger partial charge >= 0.3 is 11.8 Å². The molecule has 2 N–H and O–H groups in total. The number of aliphatic hydroxyl groups is 1. The van der Waals surface area contributed by atoms with Crippen LogP contribution in [0.4, 0.5) is 5.69 Å². The Bertz CT molecular complexity index is 694. The van der Waals surface area contributed by atoms with Crippen LogP contribution < -0.4 is 5.32 Å².